The molecular formula is C16H19F4O7S-. The third-order valence-corrected chi connectivity index (χ3v) is 6.97. The highest BCUT2D eigenvalue weighted by Crippen LogP contribution is 2.59. The number of alkyl halides is 4. The monoisotopic (exact) mass is 431 g/mol. The van der Waals surface area contributed by atoms with Crippen LogP contribution in [0.1, 0.15) is 39.0 Å². The van der Waals surface area contributed by atoms with Gasteiger partial charge in [0.1, 0.15) is 5.60 Å². The fraction of sp³-hybridized carbons (Fsp3) is 0.875. The molecule has 0 heterocycles. The maximum Gasteiger partial charge on any atom is 0.446 e. The predicted octanol–water partition coefficient (Wildman–Crippen LogP) is 2.39. The van der Waals surface area contributed by atoms with Crippen molar-refractivity contribution >= 4 is 24.0 Å². The van der Waals surface area contributed by atoms with Gasteiger partial charge in [-0.15, -0.1) is 0 Å². The van der Waals surface area contributed by atoms with Crippen LogP contribution in [0.15, 0.2) is 0 Å². The number of hydrogen-bond acceptors (Lipinski definition) is 8. The molecule has 0 aromatic carbocycles. The Labute approximate surface area is 162 Å². The second-order valence-electron chi connectivity index (χ2n) is 7.85. The predicted molar refractivity (Wildman–Crippen MR) is 82.2 cm³/mol. The third-order valence-electron chi connectivity index (χ3n) is 6.22. The molecule has 0 saturated heterocycles. The molecule has 0 amide bonds. The van der Waals surface area contributed by atoms with Crippen molar-refractivity contribution in [1.82, 2.24) is 0 Å². The Morgan fingerprint density at radius 1 is 1.07 bits per heavy atom. The molecule has 28 heavy (non-hydrogen) atoms. The third kappa shape index (κ3) is 3.83. The fourth-order valence-electron chi connectivity index (χ4n) is 5.04. The zero-order valence-corrected chi connectivity index (χ0v) is 15.6. The fourth-order valence-corrected chi connectivity index (χ4v) is 5.38. The molecule has 0 aliphatic heterocycles. The summed E-state index contributed by atoms with van der Waals surface area (Å²) in [6.45, 7) is 0.603. The van der Waals surface area contributed by atoms with Crippen LogP contribution in [-0.2, 0) is 28.4 Å². The molecule has 0 aromatic heterocycles. The molecule has 4 bridgehead atoms. The van der Waals surface area contributed by atoms with Gasteiger partial charge in [0, 0.05) is 0 Å². The highest BCUT2D eigenvalue weighted by atomic mass is 32.2. The minimum atomic E-state index is -5.77. The smallest absolute Gasteiger partial charge is 0.446 e. The summed E-state index contributed by atoms with van der Waals surface area (Å²) >= 11 is -1.21. The molecule has 0 N–H and O–H groups in total. The van der Waals surface area contributed by atoms with E-state index < -0.39 is 47.4 Å². The van der Waals surface area contributed by atoms with Gasteiger partial charge in [-0.2, -0.15) is 17.5 Å². The van der Waals surface area contributed by atoms with Crippen molar-refractivity contribution in [2.24, 2.45) is 23.7 Å². The molecule has 0 aromatic rings. The number of halogens is 4. The van der Waals surface area contributed by atoms with Crippen molar-refractivity contribution in [3.05, 3.63) is 0 Å². The van der Waals surface area contributed by atoms with Gasteiger partial charge in [-0.3, -0.25) is 5.04 Å². The van der Waals surface area contributed by atoms with Crippen LogP contribution in [0.25, 0.3) is 0 Å². The molecule has 4 fully saturated rings. The molecule has 0 radical (unpaired) electrons. The molecule has 1 atom stereocenters. The van der Waals surface area contributed by atoms with Crippen LogP contribution in [0.5, 0.6) is 0 Å². The van der Waals surface area contributed by atoms with Crippen molar-refractivity contribution in [3.63, 3.8) is 0 Å². The second-order valence-corrected chi connectivity index (χ2v) is 8.72. The molecule has 4 rings (SSSR count). The van der Waals surface area contributed by atoms with Gasteiger partial charge in [0.15, 0.2) is 6.61 Å². The maximum absolute atomic E-state index is 14.0. The van der Waals surface area contributed by atoms with E-state index in [0.717, 1.165) is 25.7 Å². The van der Waals surface area contributed by atoms with E-state index >= 15 is 0 Å². The van der Waals surface area contributed by atoms with Crippen LogP contribution >= 0.6 is 12.0 Å². The maximum atomic E-state index is 14.0. The second kappa shape index (κ2) is 7.62. The van der Waals surface area contributed by atoms with E-state index in [-0.39, 0.29) is 11.8 Å². The summed E-state index contributed by atoms with van der Waals surface area (Å²) in [5, 5.41) is 7.59. The summed E-state index contributed by atoms with van der Waals surface area (Å²) in [5.41, 5.74) is -0.776. The van der Waals surface area contributed by atoms with Crippen LogP contribution in [0, 0.1) is 23.7 Å². The first-order valence-electron chi connectivity index (χ1n) is 8.78. The number of ether oxygens (including phenoxy) is 2. The zero-order valence-electron chi connectivity index (χ0n) is 14.8. The lowest BCUT2D eigenvalue weighted by molar-refractivity contribution is -0.777. The molecule has 4 saturated carbocycles. The lowest BCUT2D eigenvalue weighted by atomic mass is 9.50. The van der Waals surface area contributed by atoms with Crippen LogP contribution in [0.2, 0.25) is 0 Å². The van der Waals surface area contributed by atoms with E-state index in [2.05, 4.69) is 14.1 Å². The van der Waals surface area contributed by atoms with Gasteiger partial charge >= 0.3 is 23.1 Å². The quantitative estimate of drug-likeness (QED) is 0.199. The van der Waals surface area contributed by atoms with Crippen molar-refractivity contribution in [3.8, 4) is 0 Å². The lowest BCUT2D eigenvalue weighted by Crippen LogP contribution is -2.58. The zero-order chi connectivity index (χ0) is 20.7. The van der Waals surface area contributed by atoms with Gasteiger partial charge in [0.2, 0.25) is 0 Å². The van der Waals surface area contributed by atoms with Crippen molar-refractivity contribution in [2.45, 2.75) is 55.8 Å². The van der Waals surface area contributed by atoms with Crippen LogP contribution < -0.4 is 5.26 Å². The SMILES string of the molecule is CC1(OC(=O)COC(=O)C(F)(SOO[O-])C(F)(F)F)C2CC3CC(C2)CC1C3. The minimum Gasteiger partial charge on any atom is -0.691 e. The van der Waals surface area contributed by atoms with Crippen molar-refractivity contribution in [2.75, 3.05) is 6.61 Å². The number of rotatable bonds is 7. The normalized spacial score (nSPS) is 36.1. The first-order valence-corrected chi connectivity index (χ1v) is 9.52. The van der Waals surface area contributed by atoms with Crippen molar-refractivity contribution < 1.29 is 51.3 Å². The number of carbonyl (C=O) groups excluding carboxylic acids is 2. The Hall–Kier alpha value is -1.11. The first kappa shape index (κ1) is 21.6. The van der Waals surface area contributed by atoms with Gasteiger partial charge in [-0.25, -0.2) is 14.0 Å². The number of esters is 2. The van der Waals surface area contributed by atoms with Gasteiger partial charge in [-0.1, -0.05) is 0 Å². The Balaban J connectivity index is 1.58. The molecule has 12 heteroatoms. The van der Waals surface area contributed by atoms with Crippen LogP contribution in [0.4, 0.5) is 17.6 Å². The van der Waals surface area contributed by atoms with E-state index in [1.807, 2.05) is 0 Å². The summed E-state index contributed by atoms with van der Waals surface area (Å²) in [4.78, 5) is 23.7. The number of hydrogen-bond donors (Lipinski definition) is 0. The van der Waals surface area contributed by atoms with Gasteiger partial charge in [0.25, 0.3) is 0 Å². The average Bonchev–Trinajstić information content (AvgIpc) is 2.60. The Kier molecular flexibility index (Phi) is 5.87. The topological polar surface area (TPSA) is 94.1 Å². The summed E-state index contributed by atoms with van der Waals surface area (Å²) in [6, 6.07) is 0. The molecule has 4 aliphatic rings. The highest BCUT2D eigenvalue weighted by Gasteiger charge is 2.66. The number of carbonyl (C=O) groups is 2. The molecule has 7 nitrogen and oxygen atoms in total. The summed E-state index contributed by atoms with van der Waals surface area (Å²) in [6.07, 6.45) is -0.923. The summed E-state index contributed by atoms with van der Waals surface area (Å²) in [7, 11) is 0. The molecule has 1 unspecified atom stereocenters. The lowest BCUT2D eigenvalue weighted by Gasteiger charge is -2.59. The van der Waals surface area contributed by atoms with Crippen molar-refractivity contribution in [1.29, 1.82) is 0 Å². The Morgan fingerprint density at radius 3 is 2.07 bits per heavy atom. The first-order chi connectivity index (χ1) is 13.0. The summed E-state index contributed by atoms with van der Waals surface area (Å²) < 4.78 is 65.3. The minimum absolute atomic E-state index is 0.150. The highest BCUT2D eigenvalue weighted by molar-refractivity contribution is 7.96. The van der Waals surface area contributed by atoms with E-state index in [1.54, 1.807) is 6.92 Å². The van der Waals surface area contributed by atoms with Gasteiger partial charge in [0.05, 0.1) is 12.0 Å². The van der Waals surface area contributed by atoms with E-state index in [1.165, 1.54) is 6.42 Å². The van der Waals surface area contributed by atoms with Gasteiger partial charge in [-0.05, 0) is 62.7 Å². The van der Waals surface area contributed by atoms with Crippen LogP contribution in [-0.4, -0.2) is 35.3 Å². The average molecular weight is 431 g/mol. The largest absolute Gasteiger partial charge is 0.691 e. The molecule has 4 aliphatic carbocycles. The Bertz CT molecular complexity index is 601. The standard InChI is InChI=1S/C16H20F4O7S/c1-14(10-3-8-2-9(5-10)6-11(14)4-8)25-12(21)7-24-13(22)15(17,16(18,19)20)28-27-26-23/h8-11,23H,2-7H2,1H3/p-1. The van der Waals surface area contributed by atoms with Gasteiger partial charge < -0.3 is 14.7 Å². The van der Waals surface area contributed by atoms with E-state index in [4.69, 9.17) is 4.74 Å². The van der Waals surface area contributed by atoms with Crippen LogP contribution in [0.3, 0.4) is 0 Å². The van der Waals surface area contributed by atoms with E-state index in [0.29, 0.717) is 11.8 Å². The summed E-state index contributed by atoms with van der Waals surface area (Å²) in [5.74, 6) is -2.00. The molecular weight excluding hydrogens is 412 g/mol. The molecule has 160 valence electrons. The Morgan fingerprint density at radius 2 is 1.61 bits per heavy atom. The molecule has 0 spiro atoms. The van der Waals surface area contributed by atoms with E-state index in [9.17, 15) is 32.4 Å².